The van der Waals surface area contributed by atoms with Crippen molar-refractivity contribution in [2.75, 3.05) is 20.2 Å². The van der Waals surface area contributed by atoms with Gasteiger partial charge < -0.3 is 9.64 Å². The van der Waals surface area contributed by atoms with Gasteiger partial charge in [-0.2, -0.15) is 0 Å². The molecule has 3 amide bonds. The molecule has 1 aliphatic rings. The Balaban J connectivity index is 1.52. The highest BCUT2D eigenvalue weighted by atomic mass is 16.5. The number of ether oxygens (including phenoxy) is 1. The number of esters is 1. The first-order valence-electron chi connectivity index (χ1n) is 8.82. The molecule has 0 unspecified atom stereocenters. The molecule has 2 aromatic rings. The van der Waals surface area contributed by atoms with Crippen molar-refractivity contribution in [3.63, 3.8) is 0 Å². The summed E-state index contributed by atoms with van der Waals surface area (Å²) in [6.07, 6.45) is 0.0495. The van der Waals surface area contributed by atoms with Gasteiger partial charge in [0.2, 0.25) is 5.91 Å². The van der Waals surface area contributed by atoms with Crippen LogP contribution in [0.15, 0.2) is 54.6 Å². The summed E-state index contributed by atoms with van der Waals surface area (Å²) >= 11 is 0. The van der Waals surface area contributed by atoms with Crippen molar-refractivity contribution >= 4 is 23.7 Å². The molecule has 0 saturated heterocycles. The number of amides is 3. The first kappa shape index (κ1) is 19.3. The monoisotopic (exact) mass is 380 g/mol. The number of nitrogens with zero attached hydrogens (tertiary/aromatic N) is 2. The Bertz CT molecular complexity index is 910. The molecular formula is C21H20N2O5. The van der Waals surface area contributed by atoms with E-state index in [1.165, 1.54) is 4.90 Å². The Labute approximate surface area is 162 Å². The molecule has 0 aromatic heterocycles. The maximum Gasteiger partial charge on any atom is 0.326 e. The lowest BCUT2D eigenvalue weighted by molar-refractivity contribution is -0.153. The molecule has 0 saturated carbocycles. The number of likely N-dealkylation sites (N-methyl/N-ethyl adjacent to an activating group) is 1. The van der Waals surface area contributed by atoms with E-state index in [1.54, 1.807) is 31.3 Å². The second-order valence-electron chi connectivity index (χ2n) is 6.52. The van der Waals surface area contributed by atoms with Gasteiger partial charge in [-0.1, -0.05) is 48.5 Å². The number of carbonyl (C=O) groups is 4. The highest BCUT2D eigenvalue weighted by Crippen LogP contribution is 2.19. The number of carbonyl (C=O) groups excluding carboxylic acids is 4. The molecule has 7 nitrogen and oxygen atoms in total. The van der Waals surface area contributed by atoms with Crippen LogP contribution in [-0.4, -0.2) is 53.7 Å². The molecule has 2 aromatic carbocycles. The van der Waals surface area contributed by atoms with Gasteiger partial charge in [0.05, 0.1) is 6.42 Å². The van der Waals surface area contributed by atoms with Gasteiger partial charge in [-0.25, -0.2) is 0 Å². The van der Waals surface area contributed by atoms with Crippen molar-refractivity contribution in [2.45, 2.75) is 13.0 Å². The standard InChI is InChI=1S/C21H20N2O5/c1-22(12-15-7-3-2-4-8-15)19(25)14-28-20(26)13-23-18(24)11-16-9-5-6-10-17(16)21(23)27/h2-10H,11-14H2,1H3. The van der Waals surface area contributed by atoms with Gasteiger partial charge in [-0.05, 0) is 17.2 Å². The minimum absolute atomic E-state index is 0.0495. The minimum atomic E-state index is -0.803. The predicted octanol–water partition coefficient (Wildman–Crippen LogP) is 1.41. The second kappa shape index (κ2) is 8.47. The Morgan fingerprint density at radius 3 is 2.46 bits per heavy atom. The Hall–Kier alpha value is -3.48. The lowest BCUT2D eigenvalue weighted by Crippen LogP contribution is -2.45. The third-order valence-corrected chi connectivity index (χ3v) is 4.47. The molecular weight excluding hydrogens is 360 g/mol. The van der Waals surface area contributed by atoms with Crippen molar-refractivity contribution < 1.29 is 23.9 Å². The van der Waals surface area contributed by atoms with Crippen LogP contribution in [0.5, 0.6) is 0 Å². The summed E-state index contributed by atoms with van der Waals surface area (Å²) in [5, 5.41) is 0. The van der Waals surface area contributed by atoms with Crippen molar-refractivity contribution in [1.82, 2.24) is 9.80 Å². The van der Waals surface area contributed by atoms with Gasteiger partial charge >= 0.3 is 5.97 Å². The number of hydrogen-bond acceptors (Lipinski definition) is 5. The van der Waals surface area contributed by atoms with Crippen molar-refractivity contribution in [2.24, 2.45) is 0 Å². The summed E-state index contributed by atoms with van der Waals surface area (Å²) in [6, 6.07) is 16.2. The molecule has 144 valence electrons. The van der Waals surface area contributed by atoms with Crippen LogP contribution >= 0.6 is 0 Å². The lowest BCUT2D eigenvalue weighted by atomic mass is 9.98. The molecule has 0 aliphatic carbocycles. The van der Waals surface area contributed by atoms with E-state index < -0.39 is 30.9 Å². The van der Waals surface area contributed by atoms with Crippen LogP contribution in [0.3, 0.4) is 0 Å². The average molecular weight is 380 g/mol. The van der Waals surface area contributed by atoms with E-state index in [2.05, 4.69) is 0 Å². The summed E-state index contributed by atoms with van der Waals surface area (Å²) in [5.74, 6) is -2.18. The quantitative estimate of drug-likeness (QED) is 0.559. The normalized spacial score (nSPS) is 13.1. The average Bonchev–Trinajstić information content (AvgIpc) is 2.70. The van der Waals surface area contributed by atoms with Gasteiger partial charge in [-0.15, -0.1) is 0 Å². The number of fused-ring (bicyclic) bond motifs is 1. The number of rotatable bonds is 6. The zero-order chi connectivity index (χ0) is 20.1. The van der Waals surface area contributed by atoms with E-state index in [0.29, 0.717) is 17.7 Å². The molecule has 1 aliphatic heterocycles. The minimum Gasteiger partial charge on any atom is -0.454 e. The molecule has 7 heteroatoms. The zero-order valence-electron chi connectivity index (χ0n) is 15.5. The number of benzene rings is 2. The third-order valence-electron chi connectivity index (χ3n) is 4.47. The summed E-state index contributed by atoms with van der Waals surface area (Å²) in [7, 11) is 1.61. The number of hydrogen-bond donors (Lipinski definition) is 0. The van der Waals surface area contributed by atoms with Gasteiger partial charge in [-0.3, -0.25) is 24.1 Å². The molecule has 0 atom stereocenters. The molecule has 0 bridgehead atoms. The van der Waals surface area contributed by atoms with Crippen molar-refractivity contribution in [3.05, 3.63) is 71.3 Å². The van der Waals surface area contributed by atoms with Crippen LogP contribution in [-0.2, 0) is 32.1 Å². The van der Waals surface area contributed by atoms with Gasteiger partial charge in [0, 0.05) is 19.2 Å². The summed E-state index contributed by atoms with van der Waals surface area (Å²) in [4.78, 5) is 51.1. The largest absolute Gasteiger partial charge is 0.454 e. The molecule has 28 heavy (non-hydrogen) atoms. The molecule has 0 spiro atoms. The molecule has 3 rings (SSSR count). The summed E-state index contributed by atoms with van der Waals surface area (Å²) < 4.78 is 4.97. The Morgan fingerprint density at radius 2 is 1.71 bits per heavy atom. The van der Waals surface area contributed by atoms with E-state index >= 15 is 0 Å². The van der Waals surface area contributed by atoms with Crippen LogP contribution in [0.4, 0.5) is 0 Å². The van der Waals surface area contributed by atoms with E-state index in [4.69, 9.17) is 4.74 Å². The lowest BCUT2D eigenvalue weighted by Gasteiger charge is -2.26. The van der Waals surface area contributed by atoms with Crippen LogP contribution in [0.1, 0.15) is 21.5 Å². The first-order chi connectivity index (χ1) is 13.5. The van der Waals surface area contributed by atoms with Crippen LogP contribution in [0.25, 0.3) is 0 Å². The first-order valence-corrected chi connectivity index (χ1v) is 8.82. The molecule has 1 heterocycles. The maximum atomic E-state index is 12.4. The van der Waals surface area contributed by atoms with E-state index in [9.17, 15) is 19.2 Å². The fraction of sp³-hybridized carbons (Fsp3) is 0.238. The predicted molar refractivity (Wildman–Crippen MR) is 100 cm³/mol. The Morgan fingerprint density at radius 1 is 1.04 bits per heavy atom. The highest BCUT2D eigenvalue weighted by Gasteiger charge is 2.32. The SMILES string of the molecule is CN(Cc1ccccc1)C(=O)COC(=O)CN1C(=O)Cc2ccccc2C1=O. The zero-order valence-corrected chi connectivity index (χ0v) is 15.5. The Kier molecular flexibility index (Phi) is 5.84. The van der Waals surface area contributed by atoms with E-state index in [-0.39, 0.29) is 12.3 Å². The van der Waals surface area contributed by atoms with E-state index in [1.807, 2.05) is 30.3 Å². The summed E-state index contributed by atoms with van der Waals surface area (Å²) in [6.45, 7) is -0.576. The fourth-order valence-corrected chi connectivity index (χ4v) is 2.93. The second-order valence-corrected chi connectivity index (χ2v) is 6.52. The van der Waals surface area contributed by atoms with Crippen LogP contribution in [0.2, 0.25) is 0 Å². The number of imide groups is 1. The smallest absolute Gasteiger partial charge is 0.326 e. The summed E-state index contributed by atoms with van der Waals surface area (Å²) in [5.41, 5.74) is 1.99. The topological polar surface area (TPSA) is 84.0 Å². The molecule has 0 fully saturated rings. The van der Waals surface area contributed by atoms with Crippen LogP contribution < -0.4 is 0 Å². The van der Waals surface area contributed by atoms with Crippen molar-refractivity contribution in [3.8, 4) is 0 Å². The third kappa shape index (κ3) is 4.43. The van der Waals surface area contributed by atoms with Crippen LogP contribution in [0, 0.1) is 0 Å². The van der Waals surface area contributed by atoms with Gasteiger partial charge in [0.25, 0.3) is 11.8 Å². The van der Waals surface area contributed by atoms with E-state index in [0.717, 1.165) is 10.5 Å². The maximum absolute atomic E-state index is 12.4. The fourth-order valence-electron chi connectivity index (χ4n) is 2.93. The molecule has 0 N–H and O–H groups in total. The van der Waals surface area contributed by atoms with Gasteiger partial charge in [0.1, 0.15) is 6.54 Å². The molecule has 0 radical (unpaired) electrons. The highest BCUT2D eigenvalue weighted by molar-refractivity contribution is 6.11. The van der Waals surface area contributed by atoms with Gasteiger partial charge in [0.15, 0.2) is 6.61 Å². The van der Waals surface area contributed by atoms with Crippen molar-refractivity contribution in [1.29, 1.82) is 0 Å².